The van der Waals surface area contributed by atoms with Crippen molar-refractivity contribution in [3.05, 3.63) is 42.6 Å². The fraction of sp³-hybridized carbons (Fsp3) is 0.500. The van der Waals surface area contributed by atoms with Gasteiger partial charge >= 0.3 is 0 Å². The number of amides is 1. The predicted octanol–water partition coefficient (Wildman–Crippen LogP) is 4.29. The average Bonchev–Trinajstić information content (AvgIpc) is 3.03. The SMILES string of the molecule is CC(C)(C)CC(=O)N1CCC(n2cnc(-c3cccc(F)c3)c2)CC1. The Balaban J connectivity index is 1.61. The van der Waals surface area contributed by atoms with Gasteiger partial charge in [0.1, 0.15) is 5.82 Å². The van der Waals surface area contributed by atoms with Gasteiger partial charge in [-0.3, -0.25) is 4.79 Å². The molecule has 134 valence electrons. The highest BCUT2D eigenvalue weighted by Crippen LogP contribution is 2.27. The first-order chi connectivity index (χ1) is 11.8. The second kappa shape index (κ2) is 6.98. The van der Waals surface area contributed by atoms with Gasteiger partial charge in [-0.15, -0.1) is 0 Å². The van der Waals surface area contributed by atoms with E-state index in [4.69, 9.17) is 0 Å². The van der Waals surface area contributed by atoms with Crippen LogP contribution in [-0.4, -0.2) is 33.4 Å². The molecule has 0 unspecified atom stereocenters. The molecule has 1 saturated heterocycles. The van der Waals surface area contributed by atoms with Crippen LogP contribution in [-0.2, 0) is 4.79 Å². The van der Waals surface area contributed by atoms with E-state index in [-0.39, 0.29) is 17.1 Å². The predicted molar refractivity (Wildman–Crippen MR) is 96.5 cm³/mol. The third-order valence-electron chi connectivity index (χ3n) is 4.64. The van der Waals surface area contributed by atoms with Gasteiger partial charge < -0.3 is 9.47 Å². The molecule has 3 rings (SSSR count). The van der Waals surface area contributed by atoms with E-state index in [1.165, 1.54) is 12.1 Å². The zero-order valence-corrected chi connectivity index (χ0v) is 15.2. The summed E-state index contributed by atoms with van der Waals surface area (Å²) in [7, 11) is 0. The van der Waals surface area contributed by atoms with E-state index in [1.54, 1.807) is 6.07 Å². The topological polar surface area (TPSA) is 38.1 Å². The lowest BCUT2D eigenvalue weighted by Gasteiger charge is -2.34. The van der Waals surface area contributed by atoms with E-state index < -0.39 is 0 Å². The third-order valence-corrected chi connectivity index (χ3v) is 4.64. The van der Waals surface area contributed by atoms with Crippen molar-refractivity contribution >= 4 is 5.91 Å². The highest BCUT2D eigenvalue weighted by molar-refractivity contribution is 5.76. The van der Waals surface area contributed by atoms with E-state index >= 15 is 0 Å². The van der Waals surface area contributed by atoms with Crippen LogP contribution in [0.15, 0.2) is 36.8 Å². The first kappa shape index (κ1) is 17.6. The molecular formula is C20H26FN3O. The molecule has 0 atom stereocenters. The molecule has 1 aromatic carbocycles. The van der Waals surface area contributed by atoms with Gasteiger partial charge in [0.2, 0.25) is 5.91 Å². The van der Waals surface area contributed by atoms with Crippen LogP contribution in [0.3, 0.4) is 0 Å². The van der Waals surface area contributed by atoms with Crippen LogP contribution in [0, 0.1) is 11.2 Å². The van der Waals surface area contributed by atoms with E-state index in [0.29, 0.717) is 12.5 Å². The van der Waals surface area contributed by atoms with Gasteiger partial charge in [0, 0.05) is 37.3 Å². The lowest BCUT2D eigenvalue weighted by molar-refractivity contribution is -0.134. The summed E-state index contributed by atoms with van der Waals surface area (Å²) in [4.78, 5) is 18.7. The number of nitrogens with zero attached hydrogens (tertiary/aromatic N) is 3. The van der Waals surface area contributed by atoms with Crippen LogP contribution in [0.1, 0.15) is 46.1 Å². The first-order valence-corrected chi connectivity index (χ1v) is 8.89. The van der Waals surface area contributed by atoms with Crippen molar-refractivity contribution in [2.24, 2.45) is 5.41 Å². The number of carbonyl (C=O) groups excluding carboxylic acids is 1. The monoisotopic (exact) mass is 343 g/mol. The summed E-state index contributed by atoms with van der Waals surface area (Å²) in [6, 6.07) is 6.84. The van der Waals surface area contributed by atoms with Crippen LogP contribution in [0.4, 0.5) is 4.39 Å². The van der Waals surface area contributed by atoms with Gasteiger partial charge in [0.05, 0.1) is 12.0 Å². The molecule has 5 heteroatoms. The van der Waals surface area contributed by atoms with E-state index in [9.17, 15) is 9.18 Å². The van der Waals surface area contributed by atoms with Crippen molar-refractivity contribution < 1.29 is 9.18 Å². The maximum absolute atomic E-state index is 13.4. The fourth-order valence-corrected chi connectivity index (χ4v) is 3.31. The van der Waals surface area contributed by atoms with Gasteiger partial charge in [0.25, 0.3) is 0 Å². The van der Waals surface area contributed by atoms with Crippen LogP contribution in [0.2, 0.25) is 0 Å². The summed E-state index contributed by atoms with van der Waals surface area (Å²) in [5, 5.41) is 0. The molecule has 0 radical (unpaired) electrons. The summed E-state index contributed by atoms with van der Waals surface area (Å²) in [5.74, 6) is -0.00486. The Labute approximate surface area is 148 Å². The normalized spacial score (nSPS) is 16.2. The van der Waals surface area contributed by atoms with Gasteiger partial charge in [0.15, 0.2) is 0 Å². The molecule has 25 heavy (non-hydrogen) atoms. The zero-order chi connectivity index (χ0) is 18.0. The molecule has 1 amide bonds. The summed E-state index contributed by atoms with van der Waals surface area (Å²) in [5.41, 5.74) is 1.60. The molecule has 0 saturated carbocycles. The molecule has 2 aromatic rings. The lowest BCUT2D eigenvalue weighted by Crippen LogP contribution is -2.40. The van der Waals surface area contributed by atoms with Crippen LogP contribution < -0.4 is 0 Å². The highest BCUT2D eigenvalue weighted by atomic mass is 19.1. The van der Waals surface area contributed by atoms with Crippen molar-refractivity contribution in [3.8, 4) is 11.3 Å². The Morgan fingerprint density at radius 1 is 1.28 bits per heavy atom. The Bertz CT molecular complexity index is 739. The van der Waals surface area contributed by atoms with Gasteiger partial charge in [-0.05, 0) is 30.4 Å². The number of carbonyl (C=O) groups is 1. The van der Waals surface area contributed by atoms with E-state index in [1.807, 2.05) is 23.5 Å². The highest BCUT2D eigenvalue weighted by Gasteiger charge is 2.26. The number of hydrogen-bond donors (Lipinski definition) is 0. The van der Waals surface area contributed by atoms with Crippen LogP contribution in [0.5, 0.6) is 0 Å². The van der Waals surface area contributed by atoms with Crippen molar-refractivity contribution in [2.75, 3.05) is 13.1 Å². The second-order valence-corrected chi connectivity index (χ2v) is 8.07. The maximum Gasteiger partial charge on any atom is 0.223 e. The fourth-order valence-electron chi connectivity index (χ4n) is 3.31. The van der Waals surface area contributed by atoms with Crippen molar-refractivity contribution in [3.63, 3.8) is 0 Å². The largest absolute Gasteiger partial charge is 0.343 e. The summed E-state index contributed by atoms with van der Waals surface area (Å²) >= 11 is 0. The standard InChI is InChI=1S/C20H26FN3O/c1-20(2,3)12-19(25)23-9-7-17(8-10-23)24-13-18(22-14-24)15-5-4-6-16(21)11-15/h4-6,11,13-14,17H,7-10,12H2,1-3H3. The average molecular weight is 343 g/mol. The first-order valence-electron chi connectivity index (χ1n) is 8.89. The number of aromatic nitrogens is 2. The minimum absolute atomic E-state index is 0.0259. The van der Waals surface area contributed by atoms with Crippen molar-refractivity contribution in [2.45, 2.75) is 46.1 Å². The van der Waals surface area contributed by atoms with E-state index in [2.05, 4.69) is 30.3 Å². The lowest BCUT2D eigenvalue weighted by atomic mass is 9.91. The minimum Gasteiger partial charge on any atom is -0.343 e. The Morgan fingerprint density at radius 2 is 2.00 bits per heavy atom. The summed E-state index contributed by atoms with van der Waals surface area (Å²) in [6.45, 7) is 7.85. The smallest absolute Gasteiger partial charge is 0.223 e. The molecule has 0 aliphatic carbocycles. The molecule has 0 N–H and O–H groups in total. The molecule has 2 heterocycles. The summed E-state index contributed by atoms with van der Waals surface area (Å²) < 4.78 is 15.5. The number of halogens is 1. The molecule has 1 aliphatic heterocycles. The van der Waals surface area contributed by atoms with Gasteiger partial charge in [-0.2, -0.15) is 0 Å². The number of imidazole rings is 1. The van der Waals surface area contributed by atoms with Crippen molar-refractivity contribution in [1.29, 1.82) is 0 Å². The molecule has 1 aromatic heterocycles. The zero-order valence-electron chi connectivity index (χ0n) is 15.2. The van der Waals surface area contributed by atoms with Gasteiger partial charge in [-0.1, -0.05) is 32.9 Å². The third kappa shape index (κ3) is 4.47. The molecular weight excluding hydrogens is 317 g/mol. The summed E-state index contributed by atoms with van der Waals surface area (Å²) in [6.07, 6.45) is 6.24. The Morgan fingerprint density at radius 3 is 2.64 bits per heavy atom. The van der Waals surface area contributed by atoms with Crippen LogP contribution >= 0.6 is 0 Å². The number of hydrogen-bond acceptors (Lipinski definition) is 2. The maximum atomic E-state index is 13.4. The van der Waals surface area contributed by atoms with E-state index in [0.717, 1.165) is 37.2 Å². The van der Waals surface area contributed by atoms with Crippen LogP contribution in [0.25, 0.3) is 11.3 Å². The quantitative estimate of drug-likeness (QED) is 0.834. The number of benzene rings is 1. The Kier molecular flexibility index (Phi) is 4.93. The molecule has 4 nitrogen and oxygen atoms in total. The molecule has 0 bridgehead atoms. The molecule has 1 fully saturated rings. The molecule has 1 aliphatic rings. The number of likely N-dealkylation sites (tertiary alicyclic amines) is 1. The Hall–Kier alpha value is -2.17. The molecule has 0 spiro atoms. The number of piperidine rings is 1. The van der Waals surface area contributed by atoms with Crippen molar-refractivity contribution in [1.82, 2.24) is 14.5 Å². The minimum atomic E-state index is -0.252. The van der Waals surface area contributed by atoms with Gasteiger partial charge in [-0.25, -0.2) is 9.37 Å². The number of rotatable bonds is 3. The second-order valence-electron chi connectivity index (χ2n) is 8.07.